The van der Waals surface area contributed by atoms with E-state index in [0.717, 1.165) is 11.4 Å². The largest absolute Gasteiger partial charge is 0.493 e. The Hall–Kier alpha value is -4.60. The van der Waals surface area contributed by atoms with E-state index in [1.165, 1.54) is 11.1 Å². The van der Waals surface area contributed by atoms with E-state index in [2.05, 4.69) is 22.4 Å². The molecule has 2 aliphatic heterocycles. The minimum Gasteiger partial charge on any atom is -0.493 e. The lowest BCUT2D eigenvalue weighted by atomic mass is 9.94. The summed E-state index contributed by atoms with van der Waals surface area (Å²) in [6.45, 7) is 1.47. The van der Waals surface area contributed by atoms with Gasteiger partial charge in [-0.2, -0.15) is 0 Å². The zero-order chi connectivity index (χ0) is 30.8. The zero-order valence-corrected chi connectivity index (χ0v) is 25.5. The molecular formula is C34H39N5O5. The molecule has 3 heterocycles. The number of ether oxygens (including phenoxy) is 2. The van der Waals surface area contributed by atoms with Crippen LogP contribution in [0.25, 0.3) is 0 Å². The maximum atomic E-state index is 13.8. The van der Waals surface area contributed by atoms with Crippen LogP contribution in [-0.4, -0.2) is 92.5 Å². The molecule has 2 bridgehead atoms. The second-order valence-electron chi connectivity index (χ2n) is 12.0. The first kappa shape index (κ1) is 29.5. The standard InChI is InChI=1S/C34H39N5O5/c1-37(2)31-12-10-25(18-35-31)33(41)39-19-27-24-9-11-29(43-3)30(17-24)44-14-6-13-38(21-32(40)36-28(27)20-39)34(42)26-15-22-7-4-5-8-23(22)16-26/h4-5,7-12,17-18,26-28H,6,13-16,19-21H2,1-3H3,(H,36,40)/t27-,28+/m1/s1. The highest BCUT2D eigenvalue weighted by Gasteiger charge is 2.39. The van der Waals surface area contributed by atoms with Crippen molar-refractivity contribution in [3.63, 3.8) is 0 Å². The summed E-state index contributed by atoms with van der Waals surface area (Å²) >= 11 is 0. The molecule has 1 saturated heterocycles. The Bertz CT molecular complexity index is 1520. The number of fused-ring (bicyclic) bond motifs is 5. The van der Waals surface area contributed by atoms with E-state index in [1.807, 2.05) is 55.4 Å². The number of hydrogen-bond acceptors (Lipinski definition) is 7. The summed E-state index contributed by atoms with van der Waals surface area (Å²) in [7, 11) is 5.40. The van der Waals surface area contributed by atoms with Gasteiger partial charge in [-0.3, -0.25) is 14.4 Å². The number of nitrogens with one attached hydrogen (secondary N) is 1. The van der Waals surface area contributed by atoms with Gasteiger partial charge >= 0.3 is 0 Å². The minimum absolute atomic E-state index is 0.0159. The maximum Gasteiger partial charge on any atom is 0.255 e. The van der Waals surface area contributed by atoms with E-state index < -0.39 is 0 Å². The van der Waals surface area contributed by atoms with E-state index in [4.69, 9.17) is 9.47 Å². The number of benzene rings is 2. The Kier molecular flexibility index (Phi) is 8.41. The van der Waals surface area contributed by atoms with Crippen molar-refractivity contribution in [2.24, 2.45) is 5.92 Å². The highest BCUT2D eigenvalue weighted by molar-refractivity contribution is 5.94. The second kappa shape index (κ2) is 12.6. The van der Waals surface area contributed by atoms with Crippen molar-refractivity contribution in [2.75, 3.05) is 58.9 Å². The molecule has 1 fully saturated rings. The number of likely N-dealkylation sites (tertiary alicyclic amines) is 1. The van der Waals surface area contributed by atoms with Gasteiger partial charge in [0.15, 0.2) is 11.5 Å². The first-order chi connectivity index (χ1) is 21.3. The summed E-state index contributed by atoms with van der Waals surface area (Å²) in [5.74, 6) is 1.21. The fourth-order valence-corrected chi connectivity index (χ4v) is 6.57. The van der Waals surface area contributed by atoms with Crippen molar-refractivity contribution in [2.45, 2.75) is 31.2 Å². The lowest BCUT2D eigenvalue weighted by Crippen LogP contribution is -2.48. The number of methoxy groups -OCH3 is 1. The summed E-state index contributed by atoms with van der Waals surface area (Å²) in [5, 5.41) is 3.19. The van der Waals surface area contributed by atoms with Gasteiger partial charge in [-0.15, -0.1) is 0 Å². The summed E-state index contributed by atoms with van der Waals surface area (Å²) < 4.78 is 11.7. The summed E-state index contributed by atoms with van der Waals surface area (Å²) in [4.78, 5) is 50.6. The van der Waals surface area contributed by atoms with Gasteiger partial charge in [0.1, 0.15) is 5.82 Å². The molecule has 10 heteroatoms. The highest BCUT2D eigenvalue weighted by Crippen LogP contribution is 2.36. The van der Waals surface area contributed by atoms with Gasteiger partial charge < -0.3 is 29.5 Å². The quantitative estimate of drug-likeness (QED) is 0.493. The first-order valence-corrected chi connectivity index (χ1v) is 15.2. The lowest BCUT2D eigenvalue weighted by Gasteiger charge is -2.26. The lowest BCUT2D eigenvalue weighted by molar-refractivity contribution is -0.139. The van der Waals surface area contributed by atoms with Gasteiger partial charge in [0.05, 0.1) is 31.9 Å². The molecule has 1 aromatic heterocycles. The van der Waals surface area contributed by atoms with Crippen molar-refractivity contribution in [3.8, 4) is 11.5 Å². The molecule has 2 atom stereocenters. The maximum absolute atomic E-state index is 13.8. The Morgan fingerprint density at radius 3 is 2.48 bits per heavy atom. The van der Waals surface area contributed by atoms with Crippen LogP contribution in [0.4, 0.5) is 5.82 Å². The molecule has 2 aromatic carbocycles. The molecule has 3 amide bonds. The van der Waals surface area contributed by atoms with Crippen molar-refractivity contribution in [1.82, 2.24) is 20.1 Å². The Morgan fingerprint density at radius 2 is 1.80 bits per heavy atom. The van der Waals surface area contributed by atoms with E-state index >= 15 is 0 Å². The number of carbonyl (C=O) groups is 3. The molecule has 0 saturated carbocycles. The number of aromatic nitrogens is 1. The fourth-order valence-electron chi connectivity index (χ4n) is 6.57. The van der Waals surface area contributed by atoms with E-state index in [1.54, 1.807) is 29.2 Å². The van der Waals surface area contributed by atoms with Crippen LogP contribution >= 0.6 is 0 Å². The van der Waals surface area contributed by atoms with Crippen LogP contribution in [0.1, 0.15) is 39.4 Å². The number of hydrogen-bond donors (Lipinski definition) is 1. The molecular weight excluding hydrogens is 558 g/mol. The molecule has 3 aromatic rings. The average molecular weight is 598 g/mol. The number of anilines is 1. The molecule has 1 aliphatic carbocycles. The molecule has 0 radical (unpaired) electrons. The van der Waals surface area contributed by atoms with E-state index in [-0.39, 0.29) is 42.1 Å². The van der Waals surface area contributed by atoms with Crippen molar-refractivity contribution >= 4 is 23.5 Å². The Labute approximate surface area is 257 Å². The fraction of sp³-hybridized carbons (Fsp3) is 0.412. The van der Waals surface area contributed by atoms with Crippen molar-refractivity contribution in [1.29, 1.82) is 0 Å². The molecule has 3 aliphatic rings. The number of nitrogens with zero attached hydrogens (tertiary/aromatic N) is 4. The number of rotatable bonds is 4. The van der Waals surface area contributed by atoms with E-state index in [0.29, 0.717) is 62.6 Å². The van der Waals surface area contributed by atoms with Gasteiger partial charge in [-0.1, -0.05) is 30.3 Å². The van der Waals surface area contributed by atoms with Gasteiger partial charge in [0, 0.05) is 51.8 Å². The van der Waals surface area contributed by atoms with Crippen molar-refractivity contribution in [3.05, 3.63) is 83.0 Å². The molecule has 6 rings (SSSR count). The normalized spacial score (nSPS) is 20.3. The molecule has 10 nitrogen and oxygen atoms in total. The summed E-state index contributed by atoms with van der Waals surface area (Å²) in [6.07, 6.45) is 3.52. The minimum atomic E-state index is -0.352. The van der Waals surface area contributed by atoms with Crippen LogP contribution in [0.5, 0.6) is 11.5 Å². The van der Waals surface area contributed by atoms with Gasteiger partial charge in [-0.05, 0) is 60.2 Å². The van der Waals surface area contributed by atoms with Crippen LogP contribution in [0.3, 0.4) is 0 Å². The van der Waals surface area contributed by atoms with Gasteiger partial charge in [0.2, 0.25) is 11.8 Å². The third-order valence-electron chi connectivity index (χ3n) is 8.90. The molecule has 230 valence electrons. The summed E-state index contributed by atoms with van der Waals surface area (Å²) in [5.41, 5.74) is 3.82. The number of carbonyl (C=O) groups excluding carboxylic acids is 3. The molecule has 0 unspecified atom stereocenters. The third kappa shape index (κ3) is 6.06. The van der Waals surface area contributed by atoms with E-state index in [9.17, 15) is 14.4 Å². The van der Waals surface area contributed by atoms with Crippen LogP contribution in [0, 0.1) is 5.92 Å². The SMILES string of the molecule is COc1ccc2cc1OCCCN(C(=O)C1Cc3ccccc3C1)CC(=O)N[C@H]1CN(C(=O)c3ccc(N(C)C)nc3)C[C@H]21. The predicted molar refractivity (Wildman–Crippen MR) is 166 cm³/mol. The Balaban J connectivity index is 1.24. The topological polar surface area (TPSA) is 104 Å². The average Bonchev–Trinajstić information content (AvgIpc) is 3.66. The van der Waals surface area contributed by atoms with Crippen LogP contribution in [0.15, 0.2) is 60.8 Å². The van der Waals surface area contributed by atoms with Crippen LogP contribution in [-0.2, 0) is 22.4 Å². The smallest absolute Gasteiger partial charge is 0.255 e. The number of pyridine rings is 1. The number of amides is 3. The van der Waals surface area contributed by atoms with Crippen molar-refractivity contribution < 1.29 is 23.9 Å². The zero-order valence-electron chi connectivity index (χ0n) is 25.5. The van der Waals surface area contributed by atoms with Crippen LogP contribution in [0.2, 0.25) is 0 Å². The molecule has 44 heavy (non-hydrogen) atoms. The summed E-state index contributed by atoms with van der Waals surface area (Å²) in [6, 6.07) is 17.2. The van der Waals surface area contributed by atoms with Gasteiger partial charge in [0.25, 0.3) is 5.91 Å². The predicted octanol–water partition coefficient (Wildman–Crippen LogP) is 2.91. The monoisotopic (exact) mass is 597 g/mol. The third-order valence-corrected chi connectivity index (χ3v) is 8.90. The van der Waals surface area contributed by atoms with Crippen LogP contribution < -0.4 is 19.7 Å². The second-order valence-corrected chi connectivity index (χ2v) is 12.0. The molecule has 0 spiro atoms. The van der Waals surface area contributed by atoms with Gasteiger partial charge in [-0.25, -0.2) is 4.98 Å². The highest BCUT2D eigenvalue weighted by atomic mass is 16.5. The Morgan fingerprint density at radius 1 is 1.02 bits per heavy atom. The first-order valence-electron chi connectivity index (χ1n) is 15.2. The molecule has 1 N–H and O–H groups in total.